The van der Waals surface area contributed by atoms with E-state index in [4.69, 9.17) is 5.73 Å². The molecule has 0 aliphatic heterocycles. The SMILES string of the molecule is CC1(CNCCCCCN)CC2CCCC(C2)C1. The van der Waals surface area contributed by atoms with E-state index in [1.54, 1.807) is 0 Å². The van der Waals surface area contributed by atoms with Crippen molar-refractivity contribution in [3.63, 3.8) is 0 Å². The Bertz CT molecular complexity index is 227. The molecule has 2 saturated carbocycles. The van der Waals surface area contributed by atoms with E-state index in [0.717, 1.165) is 18.4 Å². The molecule has 0 saturated heterocycles. The highest BCUT2D eigenvalue weighted by Gasteiger charge is 2.38. The van der Waals surface area contributed by atoms with Gasteiger partial charge < -0.3 is 11.1 Å². The van der Waals surface area contributed by atoms with Crippen LogP contribution in [-0.2, 0) is 0 Å². The molecule has 2 nitrogen and oxygen atoms in total. The van der Waals surface area contributed by atoms with Crippen LogP contribution < -0.4 is 11.1 Å². The third-order valence-electron chi connectivity index (χ3n) is 5.06. The van der Waals surface area contributed by atoms with Crippen LogP contribution in [0.2, 0.25) is 0 Å². The van der Waals surface area contributed by atoms with Gasteiger partial charge in [-0.25, -0.2) is 0 Å². The number of hydrogen-bond donors (Lipinski definition) is 2. The van der Waals surface area contributed by atoms with Gasteiger partial charge in [-0.1, -0.05) is 32.6 Å². The van der Waals surface area contributed by atoms with Crippen LogP contribution in [0.3, 0.4) is 0 Å². The Balaban J connectivity index is 1.65. The maximum atomic E-state index is 5.51. The smallest absolute Gasteiger partial charge is 0.000536 e. The van der Waals surface area contributed by atoms with Crippen LogP contribution >= 0.6 is 0 Å². The van der Waals surface area contributed by atoms with Gasteiger partial charge in [-0.3, -0.25) is 0 Å². The van der Waals surface area contributed by atoms with Crippen molar-refractivity contribution < 1.29 is 0 Å². The summed E-state index contributed by atoms with van der Waals surface area (Å²) in [5.74, 6) is 2.09. The predicted molar refractivity (Wildman–Crippen MR) is 78.6 cm³/mol. The summed E-state index contributed by atoms with van der Waals surface area (Å²) in [6.45, 7) is 5.79. The Morgan fingerprint density at radius 1 is 1.11 bits per heavy atom. The lowest BCUT2D eigenvalue weighted by molar-refractivity contribution is 0.0684. The highest BCUT2D eigenvalue weighted by Crippen LogP contribution is 2.48. The van der Waals surface area contributed by atoms with Crippen LogP contribution in [0.5, 0.6) is 0 Å². The van der Waals surface area contributed by atoms with Crippen LogP contribution in [0.4, 0.5) is 0 Å². The lowest BCUT2D eigenvalue weighted by atomic mass is 9.61. The Morgan fingerprint density at radius 2 is 1.83 bits per heavy atom. The van der Waals surface area contributed by atoms with E-state index in [9.17, 15) is 0 Å². The highest BCUT2D eigenvalue weighted by molar-refractivity contribution is 4.91. The minimum absolute atomic E-state index is 0.585. The average Bonchev–Trinajstić information content (AvgIpc) is 2.33. The largest absolute Gasteiger partial charge is 0.330 e. The molecule has 0 heterocycles. The van der Waals surface area contributed by atoms with Gasteiger partial charge in [0.2, 0.25) is 0 Å². The van der Waals surface area contributed by atoms with Gasteiger partial charge in [0.1, 0.15) is 0 Å². The van der Waals surface area contributed by atoms with Crippen molar-refractivity contribution in [3.8, 4) is 0 Å². The third-order valence-corrected chi connectivity index (χ3v) is 5.06. The second-order valence-corrected chi connectivity index (χ2v) is 7.14. The molecule has 106 valence electrons. The van der Waals surface area contributed by atoms with Crippen molar-refractivity contribution in [3.05, 3.63) is 0 Å². The summed E-state index contributed by atoms with van der Waals surface area (Å²) >= 11 is 0. The molecule has 0 radical (unpaired) electrons. The molecule has 2 aliphatic carbocycles. The zero-order valence-corrected chi connectivity index (χ0v) is 12.2. The summed E-state index contributed by atoms with van der Waals surface area (Å²) in [5.41, 5.74) is 6.10. The third kappa shape index (κ3) is 4.24. The molecule has 3 N–H and O–H groups in total. The van der Waals surface area contributed by atoms with E-state index >= 15 is 0 Å². The van der Waals surface area contributed by atoms with Gasteiger partial charge >= 0.3 is 0 Å². The molecular weight excluding hydrogens is 220 g/mol. The molecule has 0 aromatic heterocycles. The second kappa shape index (κ2) is 6.91. The summed E-state index contributed by atoms with van der Waals surface area (Å²) in [6.07, 6.45) is 12.7. The molecule has 2 fully saturated rings. The topological polar surface area (TPSA) is 38.0 Å². The molecule has 18 heavy (non-hydrogen) atoms. The standard InChI is InChI=1S/C16H32N2/c1-16(13-18-9-4-2-3-8-17)11-14-6-5-7-15(10-14)12-16/h14-15,18H,2-13,17H2,1H3. The van der Waals surface area contributed by atoms with E-state index < -0.39 is 0 Å². The van der Waals surface area contributed by atoms with Crippen LogP contribution in [0.25, 0.3) is 0 Å². The molecule has 2 bridgehead atoms. The first-order chi connectivity index (χ1) is 8.72. The van der Waals surface area contributed by atoms with Gasteiger partial charge in [-0.05, 0) is 62.4 Å². The molecule has 2 unspecified atom stereocenters. The fraction of sp³-hybridized carbons (Fsp3) is 1.00. The summed E-state index contributed by atoms with van der Waals surface area (Å²) in [5, 5.41) is 3.70. The maximum absolute atomic E-state index is 5.51. The molecular formula is C16H32N2. The molecule has 0 spiro atoms. The van der Waals surface area contributed by atoms with Crippen molar-refractivity contribution in [2.75, 3.05) is 19.6 Å². The molecule has 2 rings (SSSR count). The van der Waals surface area contributed by atoms with Crippen LogP contribution in [0, 0.1) is 17.3 Å². The maximum Gasteiger partial charge on any atom is 0.000536 e. The van der Waals surface area contributed by atoms with Crippen molar-refractivity contribution in [1.29, 1.82) is 0 Å². The van der Waals surface area contributed by atoms with Gasteiger partial charge in [0.05, 0.1) is 0 Å². The Kier molecular flexibility index (Phi) is 5.50. The number of fused-ring (bicyclic) bond motifs is 2. The zero-order chi connectivity index (χ0) is 12.8. The first-order valence-corrected chi connectivity index (χ1v) is 8.13. The van der Waals surface area contributed by atoms with Crippen molar-refractivity contribution in [1.82, 2.24) is 5.32 Å². The van der Waals surface area contributed by atoms with Gasteiger partial charge in [-0.2, -0.15) is 0 Å². The minimum Gasteiger partial charge on any atom is -0.330 e. The summed E-state index contributed by atoms with van der Waals surface area (Å²) in [6, 6.07) is 0. The molecule has 2 aliphatic rings. The van der Waals surface area contributed by atoms with Crippen molar-refractivity contribution in [2.45, 2.75) is 64.7 Å². The monoisotopic (exact) mass is 252 g/mol. The molecule has 0 aromatic carbocycles. The second-order valence-electron chi connectivity index (χ2n) is 7.14. The molecule has 2 atom stereocenters. The quantitative estimate of drug-likeness (QED) is 0.682. The number of nitrogens with two attached hydrogens (primary N) is 1. The normalized spacial score (nSPS) is 35.7. The fourth-order valence-electron chi connectivity index (χ4n) is 4.36. The zero-order valence-electron chi connectivity index (χ0n) is 12.2. The van der Waals surface area contributed by atoms with Crippen LogP contribution in [-0.4, -0.2) is 19.6 Å². The van der Waals surface area contributed by atoms with E-state index in [2.05, 4.69) is 12.2 Å². The summed E-state index contributed by atoms with van der Waals surface area (Å²) < 4.78 is 0. The molecule has 2 heteroatoms. The van der Waals surface area contributed by atoms with Gasteiger partial charge in [0, 0.05) is 6.54 Å². The predicted octanol–water partition coefficient (Wildman–Crippen LogP) is 3.31. The lowest BCUT2D eigenvalue weighted by Crippen LogP contribution is -2.40. The van der Waals surface area contributed by atoms with E-state index in [0.29, 0.717) is 5.41 Å². The number of hydrogen-bond acceptors (Lipinski definition) is 2. The lowest BCUT2D eigenvalue weighted by Gasteiger charge is -2.45. The average molecular weight is 252 g/mol. The van der Waals surface area contributed by atoms with Crippen molar-refractivity contribution >= 4 is 0 Å². The van der Waals surface area contributed by atoms with Crippen molar-refractivity contribution in [2.24, 2.45) is 23.0 Å². The summed E-state index contributed by atoms with van der Waals surface area (Å²) in [7, 11) is 0. The Morgan fingerprint density at radius 3 is 2.50 bits per heavy atom. The first-order valence-electron chi connectivity index (χ1n) is 8.13. The Hall–Kier alpha value is -0.0800. The highest BCUT2D eigenvalue weighted by atomic mass is 14.9. The first kappa shape index (κ1) is 14.3. The summed E-state index contributed by atoms with van der Waals surface area (Å²) in [4.78, 5) is 0. The number of unbranched alkanes of at least 4 members (excludes halogenated alkanes) is 2. The van der Waals surface area contributed by atoms with Gasteiger partial charge in [-0.15, -0.1) is 0 Å². The van der Waals surface area contributed by atoms with Crippen LogP contribution in [0.1, 0.15) is 64.7 Å². The van der Waals surface area contributed by atoms with E-state index in [1.165, 1.54) is 70.9 Å². The van der Waals surface area contributed by atoms with Gasteiger partial charge in [0.15, 0.2) is 0 Å². The minimum atomic E-state index is 0.585. The van der Waals surface area contributed by atoms with Crippen LogP contribution in [0.15, 0.2) is 0 Å². The molecule has 0 amide bonds. The Labute approximate surface area is 113 Å². The van der Waals surface area contributed by atoms with E-state index in [-0.39, 0.29) is 0 Å². The molecule has 0 aromatic rings. The number of rotatable bonds is 7. The van der Waals surface area contributed by atoms with E-state index in [1.807, 2.05) is 0 Å². The van der Waals surface area contributed by atoms with Gasteiger partial charge in [0.25, 0.3) is 0 Å². The number of nitrogens with one attached hydrogen (secondary N) is 1. The fourth-order valence-corrected chi connectivity index (χ4v) is 4.36.